The van der Waals surface area contributed by atoms with Crippen molar-refractivity contribution >= 4 is 10.0 Å². The Hall–Kier alpha value is -1.05. The quantitative estimate of drug-likeness (QED) is 0.859. The lowest BCUT2D eigenvalue weighted by Gasteiger charge is -2.46. The molecule has 2 heterocycles. The summed E-state index contributed by atoms with van der Waals surface area (Å²) in [6.07, 6.45) is 3.39. The van der Waals surface area contributed by atoms with Gasteiger partial charge in [-0.3, -0.25) is 0 Å². The van der Waals surface area contributed by atoms with Crippen molar-refractivity contribution in [3.63, 3.8) is 0 Å². The van der Waals surface area contributed by atoms with E-state index >= 15 is 0 Å². The highest BCUT2D eigenvalue weighted by molar-refractivity contribution is 7.89. The molecule has 0 aromatic carbocycles. The Balaban J connectivity index is 1.83. The fourth-order valence-electron chi connectivity index (χ4n) is 2.38. The Kier molecular flexibility index (Phi) is 2.48. The van der Waals surface area contributed by atoms with Crippen LogP contribution in [0.4, 0.5) is 4.39 Å². The highest BCUT2D eigenvalue weighted by Crippen LogP contribution is 2.44. The predicted molar refractivity (Wildman–Crippen MR) is 62.6 cm³/mol. The van der Waals surface area contributed by atoms with E-state index in [0.29, 0.717) is 5.92 Å². The summed E-state index contributed by atoms with van der Waals surface area (Å²) in [5.41, 5.74) is 5.67. The van der Waals surface area contributed by atoms with Crippen LogP contribution >= 0.6 is 0 Å². The Morgan fingerprint density at radius 2 is 2.11 bits per heavy atom. The Bertz CT molecular complexity index is 580. The first-order valence-corrected chi connectivity index (χ1v) is 7.27. The van der Waals surface area contributed by atoms with Gasteiger partial charge in [-0.15, -0.1) is 0 Å². The van der Waals surface area contributed by atoms with E-state index in [9.17, 15) is 12.8 Å². The number of hydrogen-bond acceptors (Lipinski definition) is 4. The molecule has 1 aromatic rings. The standard InChI is InChI=1S/C11H14FN3O2S/c12-9-2-1-5-14-10(9)18(16,17)15-6-11(13,7-15)8-3-4-8/h1-2,5,8H,3-4,6-7,13H2. The Morgan fingerprint density at radius 3 is 2.67 bits per heavy atom. The average Bonchev–Trinajstić information content (AvgIpc) is 3.09. The van der Waals surface area contributed by atoms with Gasteiger partial charge in [-0.25, -0.2) is 17.8 Å². The molecule has 3 rings (SSSR count). The monoisotopic (exact) mass is 271 g/mol. The first-order valence-electron chi connectivity index (χ1n) is 5.83. The summed E-state index contributed by atoms with van der Waals surface area (Å²) < 4.78 is 38.9. The van der Waals surface area contributed by atoms with Crippen LogP contribution in [0.3, 0.4) is 0 Å². The van der Waals surface area contributed by atoms with E-state index in [2.05, 4.69) is 4.98 Å². The van der Waals surface area contributed by atoms with E-state index < -0.39 is 26.4 Å². The number of pyridine rings is 1. The molecule has 1 aromatic heterocycles. The molecule has 1 aliphatic carbocycles. The topological polar surface area (TPSA) is 76.3 Å². The summed E-state index contributed by atoms with van der Waals surface area (Å²) in [7, 11) is -3.84. The summed E-state index contributed by atoms with van der Waals surface area (Å²) in [6, 6.07) is 2.46. The van der Waals surface area contributed by atoms with Crippen molar-refractivity contribution in [2.24, 2.45) is 11.7 Å². The van der Waals surface area contributed by atoms with Gasteiger partial charge in [0.15, 0.2) is 5.82 Å². The van der Waals surface area contributed by atoms with Crippen molar-refractivity contribution in [3.8, 4) is 0 Å². The molecular weight excluding hydrogens is 257 g/mol. The third-order valence-electron chi connectivity index (χ3n) is 3.64. The van der Waals surface area contributed by atoms with E-state index in [1.54, 1.807) is 0 Å². The van der Waals surface area contributed by atoms with Crippen molar-refractivity contribution in [1.82, 2.24) is 9.29 Å². The maximum absolute atomic E-state index is 13.5. The van der Waals surface area contributed by atoms with Crippen molar-refractivity contribution in [3.05, 3.63) is 24.1 Å². The zero-order chi connectivity index (χ0) is 13.0. The summed E-state index contributed by atoms with van der Waals surface area (Å²) in [4.78, 5) is 3.62. The molecule has 0 unspecified atom stereocenters. The average molecular weight is 271 g/mol. The van der Waals surface area contributed by atoms with Crippen molar-refractivity contribution < 1.29 is 12.8 Å². The van der Waals surface area contributed by atoms with Gasteiger partial charge in [-0.1, -0.05) is 0 Å². The highest BCUT2D eigenvalue weighted by atomic mass is 32.2. The molecule has 1 aliphatic heterocycles. The molecule has 5 nitrogen and oxygen atoms in total. The van der Waals surface area contributed by atoms with Gasteiger partial charge in [0, 0.05) is 24.8 Å². The van der Waals surface area contributed by atoms with Crippen LogP contribution in [0.5, 0.6) is 0 Å². The van der Waals surface area contributed by atoms with E-state index in [0.717, 1.165) is 18.9 Å². The second-order valence-corrected chi connectivity index (χ2v) is 6.92. The molecule has 7 heteroatoms. The van der Waals surface area contributed by atoms with E-state index in [1.807, 2.05) is 0 Å². The van der Waals surface area contributed by atoms with Gasteiger partial charge in [0.2, 0.25) is 5.03 Å². The van der Waals surface area contributed by atoms with Gasteiger partial charge in [-0.2, -0.15) is 4.31 Å². The molecule has 0 radical (unpaired) electrons. The minimum Gasteiger partial charge on any atom is -0.323 e. The zero-order valence-electron chi connectivity index (χ0n) is 9.71. The number of rotatable bonds is 3. The summed E-state index contributed by atoms with van der Waals surface area (Å²) in [5.74, 6) is -0.407. The van der Waals surface area contributed by atoms with Gasteiger partial charge in [-0.05, 0) is 30.9 Å². The summed E-state index contributed by atoms with van der Waals surface area (Å²) in [6.45, 7) is 0.520. The smallest absolute Gasteiger partial charge is 0.263 e. The van der Waals surface area contributed by atoms with Gasteiger partial charge in [0.25, 0.3) is 10.0 Å². The van der Waals surface area contributed by atoms with Crippen LogP contribution in [0.15, 0.2) is 23.4 Å². The maximum Gasteiger partial charge on any atom is 0.263 e. The van der Waals surface area contributed by atoms with Crippen molar-refractivity contribution in [2.75, 3.05) is 13.1 Å². The molecule has 0 spiro atoms. The second kappa shape index (κ2) is 3.72. The van der Waals surface area contributed by atoms with Crippen LogP contribution < -0.4 is 5.73 Å². The lowest BCUT2D eigenvalue weighted by atomic mass is 9.88. The molecule has 0 amide bonds. The van der Waals surface area contributed by atoms with Crippen molar-refractivity contribution in [1.29, 1.82) is 0 Å². The number of nitrogens with two attached hydrogens (primary N) is 1. The number of aromatic nitrogens is 1. The van der Waals surface area contributed by atoms with Crippen LogP contribution in [0, 0.1) is 11.7 Å². The molecular formula is C11H14FN3O2S. The van der Waals surface area contributed by atoms with E-state index in [4.69, 9.17) is 5.73 Å². The molecule has 2 fully saturated rings. The fourth-order valence-corrected chi connectivity index (χ4v) is 3.95. The predicted octanol–water partition coefficient (Wildman–Crippen LogP) is 0.333. The Morgan fingerprint density at radius 1 is 1.44 bits per heavy atom. The summed E-state index contributed by atoms with van der Waals surface area (Å²) in [5, 5.41) is -0.511. The lowest BCUT2D eigenvalue weighted by molar-refractivity contribution is 0.134. The maximum atomic E-state index is 13.5. The van der Waals surface area contributed by atoms with E-state index in [-0.39, 0.29) is 13.1 Å². The molecule has 18 heavy (non-hydrogen) atoms. The van der Waals surface area contributed by atoms with Gasteiger partial charge in [0.05, 0.1) is 0 Å². The number of halogens is 1. The number of nitrogens with zero attached hydrogens (tertiary/aromatic N) is 2. The summed E-state index contributed by atoms with van der Waals surface area (Å²) >= 11 is 0. The Labute approximate surface area is 105 Å². The molecule has 0 bridgehead atoms. The third kappa shape index (κ3) is 1.73. The van der Waals surface area contributed by atoms with Gasteiger partial charge >= 0.3 is 0 Å². The fraction of sp³-hybridized carbons (Fsp3) is 0.545. The minimum absolute atomic E-state index is 0.260. The molecule has 2 aliphatic rings. The van der Waals surface area contributed by atoms with Crippen LogP contribution in [0.1, 0.15) is 12.8 Å². The second-order valence-electron chi connectivity index (χ2n) is 5.07. The van der Waals surface area contributed by atoms with Gasteiger partial charge < -0.3 is 5.73 Å². The van der Waals surface area contributed by atoms with Crippen LogP contribution in [0.2, 0.25) is 0 Å². The molecule has 2 N–H and O–H groups in total. The minimum atomic E-state index is -3.84. The first kappa shape index (κ1) is 12.0. The van der Waals surface area contributed by atoms with Crippen LogP contribution in [-0.4, -0.2) is 36.3 Å². The first-order chi connectivity index (χ1) is 8.43. The number of hydrogen-bond donors (Lipinski definition) is 1. The molecule has 1 saturated carbocycles. The highest BCUT2D eigenvalue weighted by Gasteiger charge is 2.54. The third-order valence-corrected chi connectivity index (χ3v) is 5.37. The SMILES string of the molecule is NC1(C2CC2)CN(S(=O)(=O)c2ncccc2F)C1. The van der Waals surface area contributed by atoms with Crippen LogP contribution in [-0.2, 0) is 10.0 Å². The number of sulfonamides is 1. The van der Waals surface area contributed by atoms with Crippen molar-refractivity contribution in [2.45, 2.75) is 23.4 Å². The largest absolute Gasteiger partial charge is 0.323 e. The molecule has 98 valence electrons. The van der Waals surface area contributed by atoms with E-state index in [1.165, 1.54) is 16.6 Å². The van der Waals surface area contributed by atoms with Crippen LogP contribution in [0.25, 0.3) is 0 Å². The molecule has 1 saturated heterocycles. The molecule has 0 atom stereocenters. The zero-order valence-corrected chi connectivity index (χ0v) is 10.5. The van der Waals surface area contributed by atoms with Gasteiger partial charge in [0.1, 0.15) is 0 Å². The normalized spacial score (nSPS) is 23.7. The lowest BCUT2D eigenvalue weighted by Crippen LogP contribution is -2.69.